The van der Waals surface area contributed by atoms with Crippen molar-refractivity contribution in [1.29, 1.82) is 0 Å². The Kier molecular flexibility index (Phi) is 4.27. The van der Waals surface area contributed by atoms with E-state index in [4.69, 9.17) is 4.98 Å². The van der Waals surface area contributed by atoms with E-state index in [0.717, 1.165) is 46.4 Å². The molecule has 3 aromatic rings. The summed E-state index contributed by atoms with van der Waals surface area (Å²) in [5.74, 6) is 0. The average Bonchev–Trinajstić information content (AvgIpc) is 3.07. The lowest BCUT2D eigenvalue weighted by atomic mass is 10.3. The summed E-state index contributed by atoms with van der Waals surface area (Å²) < 4.78 is 18.3. The van der Waals surface area contributed by atoms with E-state index in [1.54, 1.807) is 11.3 Å². The van der Waals surface area contributed by atoms with Crippen LogP contribution in [0.4, 0.5) is 0 Å². The van der Waals surface area contributed by atoms with Crippen LogP contribution in [0.2, 0.25) is 0 Å². The number of para-hydroxylation sites is 1. The van der Waals surface area contributed by atoms with Crippen LogP contribution in [0.3, 0.4) is 0 Å². The van der Waals surface area contributed by atoms with Crippen molar-refractivity contribution in [1.82, 2.24) is 14.6 Å². The Bertz CT molecular complexity index is 854. The van der Waals surface area contributed by atoms with Crippen LogP contribution < -0.4 is 10.1 Å². The molecule has 0 radical (unpaired) electrons. The van der Waals surface area contributed by atoms with Crippen LogP contribution in [-0.2, 0) is 4.57 Å². The molecule has 0 saturated carbocycles. The van der Waals surface area contributed by atoms with Crippen molar-refractivity contribution in [2.24, 2.45) is 0 Å². The molecule has 124 valence electrons. The van der Waals surface area contributed by atoms with Gasteiger partial charge < -0.3 is 4.90 Å². The fourth-order valence-corrected chi connectivity index (χ4v) is 7.60. The molecule has 2 aromatic carbocycles. The van der Waals surface area contributed by atoms with E-state index in [9.17, 15) is 4.57 Å². The van der Waals surface area contributed by atoms with E-state index in [1.807, 2.05) is 48.5 Å². The number of hydrogen-bond acceptors (Lipinski definition) is 4. The van der Waals surface area contributed by atoms with Crippen LogP contribution in [0.1, 0.15) is 0 Å². The maximum absolute atomic E-state index is 14.3. The number of nitrogens with zero attached hydrogens (tertiary/aromatic N) is 3. The SMILES string of the molecule is CN1CCN([P@](=O)(c2ccccc2)c2nc3ccccc3s2)CC1. The molecular formula is C18H20N3OPS. The molecule has 0 bridgehead atoms. The number of benzene rings is 2. The summed E-state index contributed by atoms with van der Waals surface area (Å²) in [6.07, 6.45) is 0. The van der Waals surface area contributed by atoms with Crippen LogP contribution >= 0.6 is 18.6 Å². The zero-order valence-corrected chi connectivity index (χ0v) is 15.3. The maximum atomic E-state index is 14.3. The van der Waals surface area contributed by atoms with E-state index in [2.05, 4.69) is 22.7 Å². The topological polar surface area (TPSA) is 36.4 Å². The summed E-state index contributed by atoms with van der Waals surface area (Å²) in [5.41, 5.74) is 0.933. The summed E-state index contributed by atoms with van der Waals surface area (Å²) in [6.45, 7) is 3.47. The van der Waals surface area contributed by atoms with Crippen LogP contribution in [0, 0.1) is 0 Å². The monoisotopic (exact) mass is 357 g/mol. The van der Waals surface area contributed by atoms with E-state index in [1.165, 1.54) is 0 Å². The molecule has 0 N–H and O–H groups in total. The zero-order chi connectivity index (χ0) is 16.6. The summed E-state index contributed by atoms with van der Waals surface area (Å²) in [6, 6.07) is 17.9. The molecule has 0 amide bonds. The van der Waals surface area contributed by atoms with Gasteiger partial charge in [-0.3, -0.25) is 4.57 Å². The lowest BCUT2D eigenvalue weighted by Gasteiger charge is -2.37. The highest BCUT2D eigenvalue weighted by Gasteiger charge is 2.38. The molecule has 24 heavy (non-hydrogen) atoms. The Hall–Kier alpha value is -1.52. The van der Waals surface area contributed by atoms with Gasteiger partial charge in [-0.1, -0.05) is 30.3 Å². The minimum atomic E-state index is -2.88. The van der Waals surface area contributed by atoms with Gasteiger partial charge in [-0.05, 0) is 31.3 Å². The van der Waals surface area contributed by atoms with Crippen molar-refractivity contribution in [2.75, 3.05) is 33.2 Å². The number of likely N-dealkylation sites (N-methyl/N-ethyl adjacent to an activating group) is 1. The number of aromatic nitrogens is 1. The number of hydrogen-bond donors (Lipinski definition) is 0. The first-order valence-electron chi connectivity index (χ1n) is 8.14. The second-order valence-electron chi connectivity index (χ2n) is 6.13. The molecule has 0 unspecified atom stereocenters. The normalized spacial score (nSPS) is 19.4. The molecule has 4 rings (SSSR count). The van der Waals surface area contributed by atoms with Crippen molar-refractivity contribution in [3.63, 3.8) is 0 Å². The second-order valence-corrected chi connectivity index (χ2v) is 10.1. The summed E-state index contributed by atoms with van der Waals surface area (Å²) in [5, 5.41) is 0.883. The van der Waals surface area contributed by atoms with Crippen molar-refractivity contribution < 1.29 is 4.57 Å². The van der Waals surface area contributed by atoms with E-state index < -0.39 is 7.29 Å². The van der Waals surface area contributed by atoms with Gasteiger partial charge in [0.1, 0.15) is 0 Å². The molecule has 1 aliphatic rings. The molecule has 1 aromatic heterocycles. The Morgan fingerprint density at radius 3 is 2.33 bits per heavy atom. The van der Waals surface area contributed by atoms with Gasteiger partial charge in [0.15, 0.2) is 4.75 Å². The summed E-state index contributed by atoms with van der Waals surface area (Å²) >= 11 is 1.56. The second kappa shape index (κ2) is 6.41. The van der Waals surface area contributed by atoms with Crippen molar-refractivity contribution in [3.05, 3.63) is 54.6 Å². The molecular weight excluding hydrogens is 337 g/mol. The fraction of sp³-hybridized carbons (Fsp3) is 0.278. The van der Waals surface area contributed by atoms with Gasteiger partial charge >= 0.3 is 0 Å². The number of rotatable bonds is 3. The zero-order valence-electron chi connectivity index (χ0n) is 13.6. The van der Waals surface area contributed by atoms with Crippen LogP contribution in [0.5, 0.6) is 0 Å². The molecule has 4 nitrogen and oxygen atoms in total. The molecule has 1 aliphatic heterocycles. The number of thiazole rings is 1. The third-order valence-electron chi connectivity index (χ3n) is 4.53. The Balaban J connectivity index is 1.85. The summed E-state index contributed by atoms with van der Waals surface area (Å²) in [4.78, 5) is 7.04. The van der Waals surface area contributed by atoms with Gasteiger partial charge in [-0.2, -0.15) is 0 Å². The average molecular weight is 357 g/mol. The first-order chi connectivity index (χ1) is 11.7. The quantitative estimate of drug-likeness (QED) is 0.676. The molecule has 2 heterocycles. The third kappa shape index (κ3) is 2.72. The number of piperazine rings is 1. The minimum Gasteiger partial charge on any atom is -0.304 e. The van der Waals surface area contributed by atoms with E-state index >= 15 is 0 Å². The van der Waals surface area contributed by atoms with Crippen LogP contribution in [0.25, 0.3) is 10.2 Å². The lowest BCUT2D eigenvalue weighted by molar-refractivity contribution is 0.224. The fourth-order valence-electron chi connectivity index (χ4n) is 3.09. The van der Waals surface area contributed by atoms with Gasteiger partial charge in [0.2, 0.25) is 7.29 Å². The highest BCUT2D eigenvalue weighted by molar-refractivity contribution is 7.81. The maximum Gasteiger partial charge on any atom is 0.234 e. The standard InChI is InChI=1S/C18H20N3OPS/c1-20-11-13-21(14-12-20)23(22,15-7-3-2-4-8-15)18-19-16-9-5-6-10-17(16)24-18/h2-10H,11-14H2,1H3/t23-/m0/s1. The Labute approximate surface area is 146 Å². The predicted molar refractivity (Wildman–Crippen MR) is 102 cm³/mol. The van der Waals surface area contributed by atoms with Gasteiger partial charge in [-0.15, -0.1) is 11.3 Å². The van der Waals surface area contributed by atoms with Gasteiger partial charge in [0.25, 0.3) is 0 Å². The highest BCUT2D eigenvalue weighted by Crippen LogP contribution is 2.49. The predicted octanol–water partition coefficient (Wildman–Crippen LogP) is 2.77. The third-order valence-corrected chi connectivity index (χ3v) is 9.19. The Morgan fingerprint density at radius 2 is 1.62 bits per heavy atom. The molecule has 1 saturated heterocycles. The molecule has 0 spiro atoms. The van der Waals surface area contributed by atoms with Crippen LogP contribution in [0.15, 0.2) is 54.6 Å². The van der Waals surface area contributed by atoms with Crippen molar-refractivity contribution in [2.45, 2.75) is 0 Å². The summed E-state index contributed by atoms with van der Waals surface area (Å²) in [7, 11) is -0.771. The highest BCUT2D eigenvalue weighted by atomic mass is 32.1. The van der Waals surface area contributed by atoms with Gasteiger partial charge in [0, 0.05) is 31.5 Å². The van der Waals surface area contributed by atoms with Crippen LogP contribution in [-0.4, -0.2) is 47.8 Å². The molecule has 6 heteroatoms. The van der Waals surface area contributed by atoms with Gasteiger partial charge in [-0.25, -0.2) is 9.65 Å². The lowest BCUT2D eigenvalue weighted by Crippen LogP contribution is -2.46. The first kappa shape index (κ1) is 16.0. The smallest absolute Gasteiger partial charge is 0.234 e. The molecule has 1 atom stereocenters. The first-order valence-corrected chi connectivity index (χ1v) is 10.6. The molecule has 0 aliphatic carbocycles. The van der Waals surface area contributed by atoms with Crippen molar-refractivity contribution in [3.8, 4) is 0 Å². The number of fused-ring (bicyclic) bond motifs is 1. The van der Waals surface area contributed by atoms with E-state index in [-0.39, 0.29) is 0 Å². The van der Waals surface area contributed by atoms with E-state index in [0.29, 0.717) is 0 Å². The van der Waals surface area contributed by atoms with Crippen molar-refractivity contribution >= 4 is 38.9 Å². The Morgan fingerprint density at radius 1 is 0.958 bits per heavy atom. The van der Waals surface area contributed by atoms with Gasteiger partial charge in [0.05, 0.1) is 10.2 Å². The molecule has 1 fully saturated rings. The minimum absolute atomic E-state index is 0.749. The largest absolute Gasteiger partial charge is 0.304 e.